The largest absolute Gasteiger partial charge is 0.361 e. The maximum atomic E-state index is 13.4. The zero-order chi connectivity index (χ0) is 69.0. The Kier molecular flexibility index (Phi) is 21.5. The molecule has 1 aromatic carbocycles. The topological polar surface area (TPSA) is 232 Å². The van der Waals surface area contributed by atoms with Crippen molar-refractivity contribution >= 4 is 149 Å². The van der Waals surface area contributed by atoms with Crippen LogP contribution >= 0.6 is 0 Å². The van der Waals surface area contributed by atoms with Crippen LogP contribution in [0.4, 0.5) is 8.78 Å². The van der Waals surface area contributed by atoms with E-state index in [9.17, 15) is 29.8 Å². The van der Waals surface area contributed by atoms with Crippen molar-refractivity contribution in [3.8, 4) is 0 Å². The minimum Gasteiger partial charge on any atom is -0.361 e. The van der Waals surface area contributed by atoms with Gasteiger partial charge >= 0.3 is 0 Å². The molecule has 0 radical (unpaired) electrons. The van der Waals surface area contributed by atoms with Crippen molar-refractivity contribution in [2.45, 2.75) is 56.8 Å². The fourth-order valence-electron chi connectivity index (χ4n) is 13.3. The minimum absolute atomic E-state index is 0.524. The van der Waals surface area contributed by atoms with Gasteiger partial charge in [-0.3, -0.25) is 41.0 Å². The summed E-state index contributed by atoms with van der Waals surface area (Å²) < 4.78 is 96.0. The van der Waals surface area contributed by atoms with E-state index in [0.29, 0.717) is 55.3 Å². The summed E-state index contributed by atoms with van der Waals surface area (Å²) in [4.78, 5) is 32.7. The number of fused-ring (bicyclic) bond motifs is 5. The molecule has 5 atom stereocenters. The van der Waals surface area contributed by atoms with E-state index in [1.54, 1.807) is 49.9 Å². The number of halogens is 2. The number of aromatic nitrogens is 9. The van der Waals surface area contributed by atoms with Gasteiger partial charge in [0.2, 0.25) is 0 Å². The molecule has 2 fully saturated rings. The molecule has 5 aliphatic heterocycles. The minimum atomic E-state index is -2.20. The molecule has 19 nitrogen and oxygen atoms in total. The molecular weight excluding hydrogens is 1330 g/mol. The Labute approximate surface area is 569 Å². The van der Waals surface area contributed by atoms with Crippen molar-refractivity contribution in [1.29, 1.82) is 0 Å². The number of pyridine rings is 4. The van der Waals surface area contributed by atoms with E-state index < -0.39 is 60.2 Å². The lowest BCUT2D eigenvalue weighted by Gasteiger charge is -2.32. The Morgan fingerprint density at radius 2 is 0.722 bits per heavy atom. The lowest BCUT2D eigenvalue weighted by Crippen LogP contribution is -2.36. The van der Waals surface area contributed by atoms with Crippen molar-refractivity contribution < 1.29 is 29.8 Å². The predicted molar refractivity (Wildman–Crippen MR) is 408 cm³/mol. The van der Waals surface area contributed by atoms with Crippen molar-refractivity contribution in [2.24, 2.45) is 0 Å². The Hall–Kier alpha value is -7.50. The fourth-order valence-corrected chi connectivity index (χ4v) is 17.9. The third-order valence-corrected chi connectivity index (χ3v) is 26.0. The van der Waals surface area contributed by atoms with Crippen LogP contribution in [0.25, 0.3) is 71.2 Å². The standard InChI is InChI=1S/C15H16F2N2OS.C14H19N3OS.C14H17N3OS.C14H19N3OS.C14H17N3OS/c1-21(2,20)19-5-3-10(4-6-19)12-9-18-15-8-14(17)13(16)7-11(12)15;2*1-19(2,18)17-7-4-11(5-8-17)12-10-16-14-3-6-15-9-13(12)14;2*1-19(2,18)17-7-4-11(5-8-17)13-9-16-14-10-15-6-3-12(13)14/h3,7-9,18H,1,4-6H2,2H3;3,6,9-11,16H,1,4-5,7-8H2,2H3;3-4,6,9-10,16H,1,5,7-8H2,2H3;3,6,9-11,16H,1,4-5,7-8H2,2H3;3-4,6,9-10,16H,1,5,7-8H2,2H3. The van der Waals surface area contributed by atoms with Gasteiger partial charge < -0.3 is 24.9 Å². The maximum Gasteiger partial charge on any atom is 0.160 e. The summed E-state index contributed by atoms with van der Waals surface area (Å²) in [6, 6.07) is 10.5. The number of hydrogen-bond acceptors (Lipinski definition) is 9. The molecule has 0 saturated carbocycles. The van der Waals surface area contributed by atoms with Gasteiger partial charge in [0.05, 0.1) is 23.4 Å². The second-order valence-electron chi connectivity index (χ2n) is 25.9. The van der Waals surface area contributed by atoms with Gasteiger partial charge in [-0.2, -0.15) is 0 Å². The lowest BCUT2D eigenvalue weighted by atomic mass is 9.90. The third-order valence-electron chi connectivity index (χ3n) is 18.8. The van der Waals surface area contributed by atoms with Crippen molar-refractivity contribution in [3.63, 3.8) is 0 Å². The highest BCUT2D eigenvalue weighted by molar-refractivity contribution is 7.98. The number of aromatic amines is 5. The second kappa shape index (κ2) is 29.5. The number of rotatable bonds is 10. The van der Waals surface area contributed by atoms with Gasteiger partial charge in [-0.05, 0) is 144 Å². The highest BCUT2D eigenvalue weighted by Crippen LogP contribution is 2.37. The molecule has 0 aliphatic carbocycles. The molecule has 10 aromatic rings. The van der Waals surface area contributed by atoms with Crippen molar-refractivity contribution in [2.75, 3.05) is 96.7 Å². The van der Waals surface area contributed by atoms with Crippen LogP contribution in [0.5, 0.6) is 0 Å². The van der Waals surface area contributed by atoms with Crippen LogP contribution in [-0.2, 0) is 48.5 Å². The molecule has 26 heteroatoms. The average molecular weight is 1420 g/mol. The van der Waals surface area contributed by atoms with E-state index in [0.717, 1.165) is 116 Å². The molecular formula is C71H88F2N14O5S5. The van der Waals surface area contributed by atoms with E-state index in [2.05, 4.69) is 105 Å². The summed E-state index contributed by atoms with van der Waals surface area (Å²) in [7, 11) is -10.5. The number of hydrogen-bond donors (Lipinski definition) is 5. The first kappa shape index (κ1) is 70.8. The first-order valence-electron chi connectivity index (χ1n) is 32.1. The van der Waals surface area contributed by atoms with Crippen LogP contribution in [0.3, 0.4) is 0 Å². The molecule has 14 heterocycles. The Bertz CT molecular complexity index is 4940. The normalized spacial score (nSPS) is 20.5. The fraction of sp³-hybridized carbons (Fsp3) is 0.338. The first-order chi connectivity index (χ1) is 46.1. The summed E-state index contributed by atoms with van der Waals surface area (Å²) in [6.07, 6.45) is 46.1. The maximum absolute atomic E-state index is 13.4. The molecule has 9 aromatic heterocycles. The zero-order valence-corrected chi connectivity index (χ0v) is 59.9. The monoisotopic (exact) mass is 1410 g/mol. The van der Waals surface area contributed by atoms with E-state index in [1.165, 1.54) is 61.7 Å². The summed E-state index contributed by atoms with van der Waals surface area (Å²) >= 11 is 0. The summed E-state index contributed by atoms with van der Waals surface area (Å²) in [5.41, 5.74) is 14.6. The van der Waals surface area contributed by atoms with Gasteiger partial charge in [0.15, 0.2) is 11.6 Å². The molecule has 0 bridgehead atoms. The molecule has 97 heavy (non-hydrogen) atoms. The molecule has 15 rings (SSSR count). The quantitative estimate of drug-likeness (QED) is 0.0819. The highest BCUT2D eigenvalue weighted by atomic mass is 32.2. The Morgan fingerprint density at radius 1 is 0.381 bits per heavy atom. The van der Waals surface area contributed by atoms with E-state index in [4.69, 9.17) is 0 Å². The lowest BCUT2D eigenvalue weighted by molar-refractivity contribution is 0.335. The molecule has 2 saturated heterocycles. The predicted octanol–water partition coefficient (Wildman–Crippen LogP) is 10.6. The van der Waals surface area contributed by atoms with E-state index in [-0.39, 0.29) is 0 Å². The van der Waals surface area contributed by atoms with Crippen LogP contribution in [-0.4, -0.2) is 214 Å². The van der Waals surface area contributed by atoms with Crippen LogP contribution in [0.1, 0.15) is 84.6 Å². The smallest absolute Gasteiger partial charge is 0.160 e. The van der Waals surface area contributed by atoms with Crippen molar-refractivity contribution in [1.82, 2.24) is 66.4 Å². The first-order valence-corrected chi connectivity index (χ1v) is 42.6. The molecule has 516 valence electrons. The van der Waals surface area contributed by atoms with Crippen LogP contribution in [0.2, 0.25) is 0 Å². The number of nitrogens with one attached hydrogen (secondary N) is 5. The van der Waals surface area contributed by atoms with Gasteiger partial charge in [0.25, 0.3) is 0 Å². The molecule has 5 aliphatic rings. The van der Waals surface area contributed by atoms with Gasteiger partial charge in [0, 0.05) is 280 Å². The SMILES string of the molecule is C=S(C)(=O)N1CC=C(c2c[nH]c3cc(F)c(F)cc23)CC1.C=S(C)(=O)N1CC=C(c2c[nH]c3ccncc23)CC1.C=S(C)(=O)N1CC=C(c2c[nH]c3cnccc23)CC1.C=S(C)(=O)N1CCC(c2c[nH]c3ccncc23)CC1.C=S(C)(=O)N1CCC(c2c[nH]c3cnccc23)CC1. The van der Waals surface area contributed by atoms with Gasteiger partial charge in [0.1, 0.15) is 0 Å². The number of piperidine rings is 2. The van der Waals surface area contributed by atoms with Crippen molar-refractivity contribution in [3.05, 3.63) is 175 Å². The highest BCUT2D eigenvalue weighted by Gasteiger charge is 2.28. The Balaban J connectivity index is 0.000000123. The average Bonchev–Trinajstić information content (AvgIpc) is 1.74. The summed E-state index contributed by atoms with van der Waals surface area (Å²) in [5, 5.41) is 5.49. The summed E-state index contributed by atoms with van der Waals surface area (Å²) in [6.45, 7) is 7.61. The molecule has 5 unspecified atom stereocenters. The van der Waals surface area contributed by atoms with Crippen LogP contribution in [0, 0.1) is 11.6 Å². The van der Waals surface area contributed by atoms with E-state index >= 15 is 0 Å². The number of H-pyrrole nitrogens is 5. The second-order valence-corrected chi connectivity index (χ2v) is 38.1. The van der Waals surface area contributed by atoms with Crippen LogP contribution in [0.15, 0.2) is 135 Å². The van der Waals surface area contributed by atoms with Gasteiger partial charge in [-0.1, -0.05) is 18.2 Å². The zero-order valence-electron chi connectivity index (χ0n) is 55.8. The third kappa shape index (κ3) is 17.0. The summed E-state index contributed by atoms with van der Waals surface area (Å²) in [5.74, 6) is 18.1. The molecule has 0 amide bonds. The molecule has 0 spiro atoms. The van der Waals surface area contributed by atoms with Gasteiger partial charge in [-0.15, -0.1) is 0 Å². The van der Waals surface area contributed by atoms with Crippen LogP contribution < -0.4 is 0 Å². The number of nitrogens with zero attached hydrogens (tertiary/aromatic N) is 9. The Morgan fingerprint density at radius 3 is 1.18 bits per heavy atom. The molecule has 5 N–H and O–H groups in total. The van der Waals surface area contributed by atoms with E-state index in [1.807, 2.05) is 95.4 Å². The number of benzene rings is 1. The van der Waals surface area contributed by atoms with Gasteiger partial charge in [-0.25, -0.2) is 30.3 Å².